The van der Waals surface area contributed by atoms with Crippen molar-refractivity contribution in [3.63, 3.8) is 0 Å². The van der Waals surface area contributed by atoms with Crippen molar-refractivity contribution in [1.29, 1.82) is 0 Å². The van der Waals surface area contributed by atoms with E-state index >= 15 is 0 Å². The van der Waals surface area contributed by atoms with Crippen LogP contribution in [0.15, 0.2) is 24.3 Å². The summed E-state index contributed by atoms with van der Waals surface area (Å²) in [5.74, 6) is 0.655. The first-order chi connectivity index (χ1) is 6.33. The van der Waals surface area contributed by atoms with E-state index in [9.17, 15) is 0 Å². The summed E-state index contributed by atoms with van der Waals surface area (Å²) in [6.45, 7) is 5.11. The number of rotatable bonds is 2. The second-order valence-corrected chi connectivity index (χ2v) is 3.69. The van der Waals surface area contributed by atoms with Gasteiger partial charge >= 0.3 is 0 Å². The normalized spacial score (nSPS) is 20.5. The number of anilines is 1. The zero-order chi connectivity index (χ0) is 9.26. The molecule has 0 saturated carbocycles. The van der Waals surface area contributed by atoms with Crippen LogP contribution in [0, 0.1) is 0 Å². The summed E-state index contributed by atoms with van der Waals surface area (Å²) in [5, 5.41) is 0. The average Bonchev–Trinajstić information content (AvgIpc) is 2.46. The fourth-order valence-corrected chi connectivity index (χ4v) is 2.09. The molecule has 1 unspecified atom stereocenters. The van der Waals surface area contributed by atoms with E-state index in [-0.39, 0.29) is 0 Å². The van der Waals surface area contributed by atoms with E-state index in [4.69, 9.17) is 5.73 Å². The molecular weight excluding hydrogens is 160 g/mol. The Labute approximate surface area is 79.4 Å². The zero-order valence-electron chi connectivity index (χ0n) is 8.03. The fourth-order valence-electron chi connectivity index (χ4n) is 2.09. The Morgan fingerprint density at radius 2 is 2.23 bits per heavy atom. The van der Waals surface area contributed by atoms with Gasteiger partial charge in [-0.25, -0.2) is 0 Å². The summed E-state index contributed by atoms with van der Waals surface area (Å²) in [5.41, 5.74) is 8.41. The Balaban J connectivity index is 2.30. The van der Waals surface area contributed by atoms with Crippen molar-refractivity contribution >= 4 is 5.69 Å². The van der Waals surface area contributed by atoms with Crippen LogP contribution in [0.5, 0.6) is 0 Å². The molecule has 2 heteroatoms. The highest BCUT2D eigenvalue weighted by Crippen LogP contribution is 2.34. The lowest BCUT2D eigenvalue weighted by Gasteiger charge is -2.17. The van der Waals surface area contributed by atoms with Crippen LogP contribution < -0.4 is 10.6 Å². The Morgan fingerprint density at radius 3 is 3.00 bits per heavy atom. The maximum Gasteiger partial charge on any atom is 0.0402 e. The van der Waals surface area contributed by atoms with Gasteiger partial charge in [0.05, 0.1) is 0 Å². The second kappa shape index (κ2) is 3.38. The van der Waals surface area contributed by atoms with E-state index in [0.717, 1.165) is 19.6 Å². The first-order valence-corrected chi connectivity index (χ1v) is 4.87. The van der Waals surface area contributed by atoms with E-state index < -0.39 is 0 Å². The number of para-hydroxylation sites is 1. The van der Waals surface area contributed by atoms with Gasteiger partial charge in [0.2, 0.25) is 0 Å². The minimum atomic E-state index is 0.655. The standard InChI is InChI=1S/C11H16N2/c1-9-8-13(7-6-12)11-5-3-2-4-10(9)11/h2-5,9H,6-8,12H2,1H3. The Bertz CT molecular complexity index is 296. The van der Waals surface area contributed by atoms with Crippen LogP contribution in [0.3, 0.4) is 0 Å². The van der Waals surface area contributed by atoms with Gasteiger partial charge in [0, 0.05) is 31.2 Å². The smallest absolute Gasteiger partial charge is 0.0402 e. The molecule has 0 aromatic heterocycles. The van der Waals surface area contributed by atoms with Crippen molar-refractivity contribution in [3.8, 4) is 0 Å². The van der Waals surface area contributed by atoms with Crippen molar-refractivity contribution in [1.82, 2.24) is 0 Å². The predicted molar refractivity (Wildman–Crippen MR) is 56.1 cm³/mol. The molecule has 1 heterocycles. The molecule has 2 rings (SSSR count). The van der Waals surface area contributed by atoms with Gasteiger partial charge < -0.3 is 10.6 Å². The van der Waals surface area contributed by atoms with Gasteiger partial charge in [0.25, 0.3) is 0 Å². The molecule has 13 heavy (non-hydrogen) atoms. The monoisotopic (exact) mass is 176 g/mol. The largest absolute Gasteiger partial charge is 0.369 e. The quantitative estimate of drug-likeness (QED) is 0.741. The number of benzene rings is 1. The molecule has 1 aliphatic heterocycles. The molecule has 0 aliphatic carbocycles. The van der Waals surface area contributed by atoms with E-state index in [2.05, 4.69) is 36.1 Å². The van der Waals surface area contributed by atoms with Crippen molar-refractivity contribution < 1.29 is 0 Å². The summed E-state index contributed by atoms with van der Waals surface area (Å²) in [6, 6.07) is 8.62. The first-order valence-electron chi connectivity index (χ1n) is 4.87. The maximum absolute atomic E-state index is 5.57. The number of fused-ring (bicyclic) bond motifs is 1. The molecule has 0 bridgehead atoms. The van der Waals surface area contributed by atoms with Gasteiger partial charge in [-0.05, 0) is 11.6 Å². The number of nitrogens with zero attached hydrogens (tertiary/aromatic N) is 1. The third-order valence-corrected chi connectivity index (χ3v) is 2.70. The van der Waals surface area contributed by atoms with Crippen LogP contribution in [0.2, 0.25) is 0 Å². The number of hydrogen-bond acceptors (Lipinski definition) is 2. The molecule has 1 aromatic carbocycles. The summed E-state index contributed by atoms with van der Waals surface area (Å²) in [7, 11) is 0. The van der Waals surface area contributed by atoms with E-state index in [1.807, 2.05) is 0 Å². The third kappa shape index (κ3) is 1.42. The highest BCUT2D eigenvalue weighted by atomic mass is 15.2. The summed E-state index contributed by atoms with van der Waals surface area (Å²) in [4.78, 5) is 2.38. The number of hydrogen-bond donors (Lipinski definition) is 1. The first kappa shape index (κ1) is 8.57. The minimum absolute atomic E-state index is 0.655. The predicted octanol–water partition coefficient (Wildman–Crippen LogP) is 1.57. The molecule has 1 aromatic rings. The fraction of sp³-hybridized carbons (Fsp3) is 0.455. The lowest BCUT2D eigenvalue weighted by molar-refractivity contribution is 0.744. The van der Waals surface area contributed by atoms with Gasteiger partial charge in [-0.2, -0.15) is 0 Å². The topological polar surface area (TPSA) is 29.3 Å². The molecule has 0 fully saturated rings. The summed E-state index contributed by atoms with van der Waals surface area (Å²) >= 11 is 0. The molecule has 1 aliphatic rings. The SMILES string of the molecule is CC1CN(CCN)c2ccccc21. The van der Waals surface area contributed by atoms with Crippen LogP contribution in [-0.2, 0) is 0 Å². The lowest BCUT2D eigenvalue weighted by atomic mass is 10.0. The lowest BCUT2D eigenvalue weighted by Crippen LogP contribution is -2.27. The Hall–Kier alpha value is -1.02. The van der Waals surface area contributed by atoms with Gasteiger partial charge in [-0.15, -0.1) is 0 Å². The van der Waals surface area contributed by atoms with Crippen molar-refractivity contribution in [3.05, 3.63) is 29.8 Å². The van der Waals surface area contributed by atoms with E-state index in [1.165, 1.54) is 11.3 Å². The van der Waals surface area contributed by atoms with Crippen LogP contribution in [0.25, 0.3) is 0 Å². The molecule has 0 saturated heterocycles. The molecule has 0 spiro atoms. The summed E-state index contributed by atoms with van der Waals surface area (Å²) < 4.78 is 0. The van der Waals surface area contributed by atoms with Gasteiger partial charge in [-0.1, -0.05) is 25.1 Å². The van der Waals surface area contributed by atoms with Crippen LogP contribution in [-0.4, -0.2) is 19.6 Å². The molecule has 2 nitrogen and oxygen atoms in total. The Kier molecular flexibility index (Phi) is 2.23. The molecule has 0 radical (unpaired) electrons. The van der Waals surface area contributed by atoms with Crippen molar-refractivity contribution in [2.45, 2.75) is 12.8 Å². The van der Waals surface area contributed by atoms with Gasteiger partial charge in [0.1, 0.15) is 0 Å². The van der Waals surface area contributed by atoms with E-state index in [1.54, 1.807) is 0 Å². The summed E-state index contributed by atoms with van der Waals surface area (Å²) in [6.07, 6.45) is 0. The minimum Gasteiger partial charge on any atom is -0.369 e. The highest BCUT2D eigenvalue weighted by Gasteiger charge is 2.23. The highest BCUT2D eigenvalue weighted by molar-refractivity contribution is 5.59. The third-order valence-electron chi connectivity index (χ3n) is 2.70. The van der Waals surface area contributed by atoms with Crippen LogP contribution in [0.4, 0.5) is 5.69 Å². The average molecular weight is 176 g/mol. The second-order valence-electron chi connectivity index (χ2n) is 3.69. The van der Waals surface area contributed by atoms with Crippen molar-refractivity contribution in [2.24, 2.45) is 5.73 Å². The van der Waals surface area contributed by atoms with Gasteiger partial charge in [-0.3, -0.25) is 0 Å². The van der Waals surface area contributed by atoms with Crippen molar-refractivity contribution in [2.75, 3.05) is 24.5 Å². The molecule has 0 amide bonds. The number of nitrogens with two attached hydrogens (primary N) is 1. The Morgan fingerprint density at radius 1 is 1.46 bits per heavy atom. The molecule has 1 atom stereocenters. The zero-order valence-corrected chi connectivity index (χ0v) is 8.03. The molecule has 2 N–H and O–H groups in total. The maximum atomic E-state index is 5.57. The van der Waals surface area contributed by atoms with Crippen LogP contribution >= 0.6 is 0 Å². The van der Waals surface area contributed by atoms with E-state index in [0.29, 0.717) is 5.92 Å². The van der Waals surface area contributed by atoms with Gasteiger partial charge in [0.15, 0.2) is 0 Å². The molecular formula is C11H16N2. The molecule has 70 valence electrons. The van der Waals surface area contributed by atoms with Crippen LogP contribution in [0.1, 0.15) is 18.4 Å².